The second-order valence-electron chi connectivity index (χ2n) is 5.61. The zero-order chi connectivity index (χ0) is 23.0. The van der Waals surface area contributed by atoms with Gasteiger partial charge in [-0.25, -0.2) is 12.2 Å². The van der Waals surface area contributed by atoms with Crippen LogP contribution >= 0.6 is 0 Å². The number of hydrogen-bond acceptors (Lipinski definition) is 2. The van der Waals surface area contributed by atoms with Gasteiger partial charge in [0, 0.05) is 12.2 Å². The van der Waals surface area contributed by atoms with Crippen LogP contribution in [-0.4, -0.2) is 39.0 Å². The Morgan fingerprint density at radius 2 is 1.00 bits per heavy atom. The van der Waals surface area contributed by atoms with Crippen molar-refractivity contribution in [2.75, 3.05) is 0 Å². The van der Waals surface area contributed by atoms with Crippen LogP contribution < -0.4 is 0 Å². The molecule has 2 aliphatic carbocycles. The summed E-state index contributed by atoms with van der Waals surface area (Å²) in [4.78, 5) is 0. The zero-order valence-electron chi connectivity index (χ0n) is 16.2. The molecule has 2 aliphatic rings. The molecule has 0 atom stereocenters. The SMILES string of the molecule is CC(C)O.CC(C)O.FC(F)(F)C1=CC[C-]=C1.FC(F)(F)C1=CC[C-]=C1.[CH2]=[Hf+2]. The van der Waals surface area contributed by atoms with Gasteiger partial charge in [-0.1, -0.05) is 0 Å². The van der Waals surface area contributed by atoms with Crippen LogP contribution in [0.15, 0.2) is 35.5 Å². The molecule has 0 aromatic carbocycles. The molecule has 0 saturated heterocycles. The molecule has 2 nitrogen and oxygen atoms in total. The van der Waals surface area contributed by atoms with Gasteiger partial charge in [0.15, 0.2) is 0 Å². The normalized spacial score (nSPS) is 14.6. The zero-order valence-corrected chi connectivity index (χ0v) is 19.8. The van der Waals surface area contributed by atoms with E-state index in [4.69, 9.17) is 10.2 Å². The summed E-state index contributed by atoms with van der Waals surface area (Å²) in [6, 6.07) is 0. The molecular formula is C19H26F6HfO2. The van der Waals surface area contributed by atoms with Gasteiger partial charge in [-0.2, -0.15) is 38.5 Å². The molecule has 9 heteroatoms. The summed E-state index contributed by atoms with van der Waals surface area (Å²) < 4.78 is 73.1. The fourth-order valence-corrected chi connectivity index (χ4v) is 1.19. The Morgan fingerprint density at radius 1 is 0.786 bits per heavy atom. The maximum atomic E-state index is 11.6. The molecule has 28 heavy (non-hydrogen) atoms. The first-order valence-electron chi connectivity index (χ1n) is 8.07. The average Bonchev–Trinajstić information content (AvgIpc) is 3.22. The minimum atomic E-state index is -4.18. The standard InChI is InChI=1S/2C6H4F3.2C3H8O.CH2.Hf/c2*7-6(8,9)5-3-1-2-4-5;2*1-3(2)4;;/h2*3-4H,1H2;2*3-4H,1-2H3;1H2;/q2*-1;;;;+2. The summed E-state index contributed by atoms with van der Waals surface area (Å²) in [6.07, 6.45) is 0.935. The molecule has 0 amide bonds. The third kappa shape index (κ3) is 23.2. The van der Waals surface area contributed by atoms with Crippen molar-refractivity contribution in [1.29, 1.82) is 0 Å². The second-order valence-corrected chi connectivity index (χ2v) is 5.61. The van der Waals surface area contributed by atoms with Gasteiger partial charge in [0.1, 0.15) is 0 Å². The first kappa shape index (κ1) is 31.9. The monoisotopic (exact) mass is 580 g/mol. The van der Waals surface area contributed by atoms with Gasteiger partial charge in [-0.05, 0) is 27.7 Å². The Labute approximate surface area is 177 Å². The van der Waals surface area contributed by atoms with Crippen molar-refractivity contribution < 1.29 is 60.4 Å². The van der Waals surface area contributed by atoms with E-state index in [0.717, 1.165) is 48.2 Å². The van der Waals surface area contributed by atoms with Crippen molar-refractivity contribution in [3.8, 4) is 0 Å². The number of hydrogen-bond donors (Lipinski definition) is 2. The summed E-state index contributed by atoms with van der Waals surface area (Å²) in [7, 11) is 0. The van der Waals surface area contributed by atoms with Crippen LogP contribution in [0.1, 0.15) is 40.5 Å². The molecule has 2 N–H and O–H groups in total. The molecular weight excluding hydrogens is 553 g/mol. The molecule has 0 aromatic heterocycles. The van der Waals surface area contributed by atoms with E-state index in [2.05, 4.69) is 16.4 Å². The Bertz CT molecular complexity index is 464. The summed E-state index contributed by atoms with van der Waals surface area (Å²) in [5, 5.41) is 16.1. The molecule has 0 saturated carbocycles. The molecule has 0 heterocycles. The Balaban J connectivity index is -0.000000309. The van der Waals surface area contributed by atoms with Gasteiger partial charge >= 0.3 is 40.5 Å². The number of allylic oxidation sites excluding steroid dienone is 8. The number of rotatable bonds is 0. The van der Waals surface area contributed by atoms with Crippen LogP contribution in [0.4, 0.5) is 26.3 Å². The average molecular weight is 579 g/mol. The molecule has 0 aromatic rings. The van der Waals surface area contributed by atoms with Crippen molar-refractivity contribution in [2.24, 2.45) is 0 Å². The van der Waals surface area contributed by atoms with Crippen LogP contribution in [-0.2, 0) is 23.9 Å². The topological polar surface area (TPSA) is 40.5 Å². The summed E-state index contributed by atoms with van der Waals surface area (Å²) in [5.41, 5.74) is -1.16. The fourth-order valence-electron chi connectivity index (χ4n) is 1.19. The molecule has 0 aliphatic heterocycles. The Kier molecular flexibility index (Phi) is 19.5. The summed E-state index contributed by atoms with van der Waals surface area (Å²) in [6.45, 7) is 6.89. The van der Waals surface area contributed by atoms with Gasteiger partial charge in [0.25, 0.3) is 0 Å². The van der Waals surface area contributed by atoms with Crippen molar-refractivity contribution in [3.63, 3.8) is 0 Å². The van der Waals surface area contributed by atoms with Gasteiger partial charge in [0.05, 0.1) is 0 Å². The van der Waals surface area contributed by atoms with Crippen LogP contribution in [0.25, 0.3) is 0 Å². The first-order chi connectivity index (χ1) is 12.7. The van der Waals surface area contributed by atoms with E-state index < -0.39 is 23.5 Å². The Hall–Kier alpha value is -0.800. The van der Waals surface area contributed by atoms with E-state index in [-0.39, 0.29) is 25.0 Å². The summed E-state index contributed by atoms with van der Waals surface area (Å²) in [5.74, 6) is 0. The second kappa shape index (κ2) is 17.1. The van der Waals surface area contributed by atoms with Gasteiger partial charge in [0.2, 0.25) is 0 Å². The Morgan fingerprint density at radius 3 is 1.07 bits per heavy atom. The van der Waals surface area contributed by atoms with E-state index in [0.29, 0.717) is 0 Å². The molecule has 0 bridgehead atoms. The first-order valence-corrected chi connectivity index (χ1v) is 10.6. The maximum absolute atomic E-state index is 11.6. The van der Waals surface area contributed by atoms with Gasteiger partial charge in [-0.3, -0.25) is 12.2 Å². The van der Waals surface area contributed by atoms with Crippen LogP contribution in [0, 0.1) is 12.2 Å². The number of aliphatic hydroxyl groups excluding tert-OH is 2. The number of aliphatic hydroxyl groups is 2. The molecule has 0 unspecified atom stereocenters. The molecule has 0 radical (unpaired) electrons. The van der Waals surface area contributed by atoms with Crippen molar-refractivity contribution >= 4 is 4.26 Å². The third-order valence-corrected chi connectivity index (χ3v) is 2.05. The minimum absolute atomic E-state index is 0.167. The van der Waals surface area contributed by atoms with Gasteiger partial charge < -0.3 is 10.2 Å². The van der Waals surface area contributed by atoms with Crippen LogP contribution in [0.2, 0.25) is 0 Å². The van der Waals surface area contributed by atoms with E-state index in [1.807, 2.05) is 0 Å². The summed E-state index contributed by atoms with van der Waals surface area (Å²) >= 11 is 1.06. The molecule has 2 rings (SSSR count). The fraction of sp³-hybridized carbons (Fsp3) is 0.526. The van der Waals surface area contributed by atoms with Crippen molar-refractivity contribution in [1.82, 2.24) is 0 Å². The predicted molar refractivity (Wildman–Crippen MR) is 95.0 cm³/mol. The molecule has 0 fully saturated rings. The van der Waals surface area contributed by atoms with Crippen LogP contribution in [0.5, 0.6) is 0 Å². The van der Waals surface area contributed by atoms with Gasteiger partial charge in [-0.15, -0.1) is 24.0 Å². The van der Waals surface area contributed by atoms with Crippen molar-refractivity contribution in [2.45, 2.75) is 65.1 Å². The third-order valence-electron chi connectivity index (χ3n) is 2.05. The van der Waals surface area contributed by atoms with E-state index >= 15 is 0 Å². The predicted octanol–water partition coefficient (Wildman–Crippen LogP) is 5.22. The number of alkyl halides is 6. The van der Waals surface area contributed by atoms with E-state index in [1.165, 1.54) is 0 Å². The van der Waals surface area contributed by atoms with E-state index in [1.54, 1.807) is 27.7 Å². The number of halogens is 6. The van der Waals surface area contributed by atoms with E-state index in [9.17, 15) is 26.3 Å². The quantitative estimate of drug-likeness (QED) is 0.235. The van der Waals surface area contributed by atoms with Crippen molar-refractivity contribution in [3.05, 3.63) is 47.6 Å². The molecule has 160 valence electrons. The van der Waals surface area contributed by atoms with Crippen LogP contribution in [0.3, 0.4) is 0 Å². The molecule has 0 spiro atoms.